The van der Waals surface area contributed by atoms with E-state index in [-0.39, 0.29) is 24.7 Å². The number of hydrogen-bond acceptors (Lipinski definition) is 4. The van der Waals surface area contributed by atoms with Crippen LogP contribution in [0.2, 0.25) is 0 Å². The van der Waals surface area contributed by atoms with Crippen LogP contribution in [0.3, 0.4) is 0 Å². The second-order valence-electron chi connectivity index (χ2n) is 4.57. The molecule has 6 nitrogen and oxygen atoms in total. The van der Waals surface area contributed by atoms with E-state index in [0.717, 1.165) is 16.8 Å². The molecule has 0 aliphatic carbocycles. The number of carbonyl (C=O) groups excluding carboxylic acids is 3. The van der Waals surface area contributed by atoms with Crippen LogP contribution in [0, 0.1) is 0 Å². The summed E-state index contributed by atoms with van der Waals surface area (Å²) in [5, 5.41) is 5.48. The molecule has 1 aliphatic rings. The Labute approximate surface area is 116 Å². The van der Waals surface area contributed by atoms with Crippen LogP contribution in [0.5, 0.6) is 0 Å². The molecule has 0 bridgehead atoms. The van der Waals surface area contributed by atoms with Gasteiger partial charge in [-0.1, -0.05) is 12.1 Å². The minimum absolute atomic E-state index is 0.0146. The number of hydrogen-bond donors (Lipinski definition) is 2. The van der Waals surface area contributed by atoms with Gasteiger partial charge in [-0.2, -0.15) is 0 Å². The Morgan fingerprint density at radius 1 is 1.35 bits per heavy atom. The third kappa shape index (κ3) is 3.57. The molecule has 1 aromatic rings. The van der Waals surface area contributed by atoms with E-state index in [4.69, 9.17) is 0 Å². The zero-order valence-electron chi connectivity index (χ0n) is 11.2. The highest BCUT2D eigenvalue weighted by molar-refractivity contribution is 5.99. The zero-order valence-corrected chi connectivity index (χ0v) is 11.2. The van der Waals surface area contributed by atoms with Crippen molar-refractivity contribution in [3.8, 4) is 0 Å². The van der Waals surface area contributed by atoms with Crippen molar-refractivity contribution in [3.05, 3.63) is 29.3 Å². The molecule has 2 rings (SSSR count). The van der Waals surface area contributed by atoms with Crippen molar-refractivity contribution in [2.75, 3.05) is 12.4 Å². The van der Waals surface area contributed by atoms with Gasteiger partial charge < -0.3 is 15.4 Å². The quantitative estimate of drug-likeness (QED) is 0.777. The van der Waals surface area contributed by atoms with Crippen LogP contribution in [0.25, 0.3) is 0 Å². The molecule has 0 saturated carbocycles. The summed E-state index contributed by atoms with van der Waals surface area (Å²) in [6.45, 7) is 0.376. The molecule has 0 radical (unpaired) electrons. The van der Waals surface area contributed by atoms with Crippen LogP contribution in [0.4, 0.5) is 5.69 Å². The smallest absolute Gasteiger partial charge is 0.306 e. The molecular weight excluding hydrogens is 260 g/mol. The summed E-state index contributed by atoms with van der Waals surface area (Å²) in [4.78, 5) is 33.7. The molecule has 2 amide bonds. The number of esters is 1. The van der Waals surface area contributed by atoms with E-state index in [1.165, 1.54) is 7.11 Å². The van der Waals surface area contributed by atoms with Gasteiger partial charge >= 0.3 is 5.97 Å². The standard InChI is InChI=1S/C14H16N2O4/c1-20-14(19)5-4-12(17)15-8-9-2-3-11-10(6-9)7-13(18)16-11/h2-3,6H,4-5,7-8H2,1H3,(H,15,17)(H,16,18). The van der Waals surface area contributed by atoms with Crippen LogP contribution in [0.15, 0.2) is 18.2 Å². The van der Waals surface area contributed by atoms with E-state index >= 15 is 0 Å². The van der Waals surface area contributed by atoms with Gasteiger partial charge in [0.25, 0.3) is 0 Å². The number of benzene rings is 1. The number of rotatable bonds is 5. The minimum Gasteiger partial charge on any atom is -0.469 e. The van der Waals surface area contributed by atoms with Gasteiger partial charge in [0.2, 0.25) is 11.8 Å². The molecule has 0 aromatic heterocycles. The van der Waals surface area contributed by atoms with Crippen molar-refractivity contribution in [3.63, 3.8) is 0 Å². The maximum atomic E-state index is 11.5. The summed E-state index contributed by atoms with van der Waals surface area (Å²) in [5.74, 6) is -0.619. The molecular formula is C14H16N2O4. The lowest BCUT2D eigenvalue weighted by atomic mass is 10.1. The van der Waals surface area contributed by atoms with Crippen LogP contribution in [0.1, 0.15) is 24.0 Å². The Bertz CT molecular complexity index is 554. The molecule has 1 heterocycles. The Morgan fingerprint density at radius 3 is 2.90 bits per heavy atom. The van der Waals surface area contributed by atoms with Crippen molar-refractivity contribution in [1.29, 1.82) is 0 Å². The van der Waals surface area contributed by atoms with Crippen molar-refractivity contribution >= 4 is 23.5 Å². The zero-order chi connectivity index (χ0) is 14.5. The number of anilines is 1. The Hall–Kier alpha value is -2.37. The summed E-state index contributed by atoms with van der Waals surface area (Å²) in [7, 11) is 1.29. The van der Waals surface area contributed by atoms with Crippen molar-refractivity contribution in [1.82, 2.24) is 5.32 Å². The Morgan fingerprint density at radius 2 is 2.15 bits per heavy atom. The molecule has 1 aliphatic heterocycles. The molecule has 2 N–H and O–H groups in total. The van der Waals surface area contributed by atoms with E-state index in [2.05, 4.69) is 15.4 Å². The van der Waals surface area contributed by atoms with Crippen molar-refractivity contribution in [2.24, 2.45) is 0 Å². The Kier molecular flexibility index (Phi) is 4.34. The van der Waals surface area contributed by atoms with Gasteiger partial charge in [-0.25, -0.2) is 0 Å². The van der Waals surface area contributed by atoms with Crippen LogP contribution < -0.4 is 10.6 Å². The minimum atomic E-state index is -0.401. The van der Waals surface area contributed by atoms with Crippen molar-refractivity contribution < 1.29 is 19.1 Å². The summed E-state index contributed by atoms with van der Waals surface area (Å²) in [5.41, 5.74) is 2.69. The molecule has 6 heteroatoms. The number of nitrogens with one attached hydrogen (secondary N) is 2. The fourth-order valence-electron chi connectivity index (χ4n) is 2.00. The summed E-state index contributed by atoms with van der Waals surface area (Å²) in [6, 6.07) is 5.58. The maximum Gasteiger partial charge on any atom is 0.306 e. The topological polar surface area (TPSA) is 84.5 Å². The van der Waals surface area contributed by atoms with E-state index in [9.17, 15) is 14.4 Å². The molecule has 0 unspecified atom stereocenters. The largest absolute Gasteiger partial charge is 0.469 e. The number of carbonyl (C=O) groups is 3. The average molecular weight is 276 g/mol. The summed E-state index contributed by atoms with van der Waals surface area (Å²) < 4.78 is 4.47. The molecule has 106 valence electrons. The van der Waals surface area contributed by atoms with Crippen LogP contribution in [-0.2, 0) is 32.1 Å². The van der Waals surface area contributed by atoms with E-state index in [1.807, 2.05) is 18.2 Å². The first-order valence-corrected chi connectivity index (χ1v) is 6.33. The van der Waals surface area contributed by atoms with E-state index in [1.54, 1.807) is 0 Å². The first kappa shape index (κ1) is 14.0. The number of ether oxygens (including phenoxy) is 1. The average Bonchev–Trinajstić information content (AvgIpc) is 2.81. The number of methoxy groups -OCH3 is 1. The fourth-order valence-corrected chi connectivity index (χ4v) is 2.00. The molecule has 1 aromatic carbocycles. The Balaban J connectivity index is 1.83. The lowest BCUT2D eigenvalue weighted by Gasteiger charge is -2.06. The predicted octanol–water partition coefficient (Wildman–Crippen LogP) is 0.751. The van der Waals surface area contributed by atoms with Gasteiger partial charge in [0.1, 0.15) is 0 Å². The van der Waals surface area contributed by atoms with Gasteiger partial charge in [-0.15, -0.1) is 0 Å². The highest BCUT2D eigenvalue weighted by atomic mass is 16.5. The second-order valence-corrected chi connectivity index (χ2v) is 4.57. The van der Waals surface area contributed by atoms with Gasteiger partial charge in [-0.05, 0) is 17.2 Å². The molecule has 0 spiro atoms. The van der Waals surface area contributed by atoms with Gasteiger partial charge in [0, 0.05) is 18.7 Å². The van der Waals surface area contributed by atoms with Gasteiger partial charge in [-0.3, -0.25) is 14.4 Å². The normalized spacial score (nSPS) is 12.6. The lowest BCUT2D eigenvalue weighted by molar-refractivity contribution is -0.142. The monoisotopic (exact) mass is 276 g/mol. The van der Waals surface area contributed by atoms with E-state index < -0.39 is 5.97 Å². The van der Waals surface area contributed by atoms with Crippen LogP contribution in [-0.4, -0.2) is 24.9 Å². The van der Waals surface area contributed by atoms with Crippen LogP contribution >= 0.6 is 0 Å². The summed E-state index contributed by atoms with van der Waals surface area (Å²) in [6.07, 6.45) is 0.558. The highest BCUT2D eigenvalue weighted by Crippen LogP contribution is 2.23. The van der Waals surface area contributed by atoms with Crippen molar-refractivity contribution in [2.45, 2.75) is 25.8 Å². The van der Waals surface area contributed by atoms with Gasteiger partial charge in [0.15, 0.2) is 0 Å². The molecule has 20 heavy (non-hydrogen) atoms. The SMILES string of the molecule is COC(=O)CCC(=O)NCc1ccc2c(c1)CC(=O)N2. The molecule has 0 atom stereocenters. The highest BCUT2D eigenvalue weighted by Gasteiger charge is 2.17. The summed E-state index contributed by atoms with van der Waals surface area (Å²) >= 11 is 0. The van der Waals surface area contributed by atoms with E-state index in [0.29, 0.717) is 13.0 Å². The first-order chi connectivity index (χ1) is 9.58. The van der Waals surface area contributed by atoms with Gasteiger partial charge in [0.05, 0.1) is 20.0 Å². The number of amides is 2. The molecule has 0 fully saturated rings. The predicted molar refractivity (Wildman–Crippen MR) is 71.9 cm³/mol. The first-order valence-electron chi connectivity index (χ1n) is 6.33. The fraction of sp³-hybridized carbons (Fsp3) is 0.357. The number of fused-ring (bicyclic) bond motifs is 1. The third-order valence-corrected chi connectivity index (χ3v) is 3.07. The lowest BCUT2D eigenvalue weighted by Crippen LogP contribution is -2.23. The third-order valence-electron chi connectivity index (χ3n) is 3.07. The molecule has 0 saturated heterocycles. The second kappa shape index (κ2) is 6.18. The maximum absolute atomic E-state index is 11.5.